The van der Waals surface area contributed by atoms with Crippen LogP contribution in [0.3, 0.4) is 0 Å². The fourth-order valence-electron chi connectivity index (χ4n) is 3.20. The van der Waals surface area contributed by atoms with Gasteiger partial charge in [0.25, 0.3) is 0 Å². The second-order valence-corrected chi connectivity index (χ2v) is 7.76. The molecule has 1 fully saturated rings. The van der Waals surface area contributed by atoms with Gasteiger partial charge in [-0.25, -0.2) is 4.79 Å². The number of nitrogens with one attached hydrogen (secondary N) is 2. The van der Waals surface area contributed by atoms with Gasteiger partial charge in [-0.05, 0) is 42.9 Å². The molecular weight excluding hydrogens is 366 g/mol. The average molecular weight is 390 g/mol. The maximum atomic E-state index is 12.3. The van der Waals surface area contributed by atoms with Crippen molar-refractivity contribution in [2.75, 3.05) is 24.7 Å². The molecule has 0 aromatic heterocycles. The number of thioether (sulfide) groups is 1. The second-order valence-electron chi connectivity index (χ2n) is 6.48. The van der Waals surface area contributed by atoms with E-state index in [0.29, 0.717) is 5.02 Å². The van der Waals surface area contributed by atoms with Crippen molar-refractivity contribution in [2.24, 2.45) is 0 Å². The third kappa shape index (κ3) is 5.40. The Bertz CT molecular complexity index is 733. The van der Waals surface area contributed by atoms with E-state index in [1.54, 1.807) is 17.8 Å². The summed E-state index contributed by atoms with van der Waals surface area (Å²) in [6.07, 6.45) is 3.91. The van der Waals surface area contributed by atoms with Crippen LogP contribution in [0, 0.1) is 0 Å². The van der Waals surface area contributed by atoms with Crippen molar-refractivity contribution in [2.45, 2.75) is 30.3 Å². The van der Waals surface area contributed by atoms with Crippen LogP contribution in [-0.4, -0.2) is 36.3 Å². The van der Waals surface area contributed by atoms with Crippen LogP contribution in [0.25, 0.3) is 0 Å². The molecule has 2 aromatic carbocycles. The van der Waals surface area contributed by atoms with Crippen LogP contribution in [0.1, 0.15) is 18.4 Å². The summed E-state index contributed by atoms with van der Waals surface area (Å²) in [4.78, 5) is 15.8. The highest BCUT2D eigenvalue weighted by atomic mass is 35.5. The van der Waals surface area contributed by atoms with Gasteiger partial charge in [-0.2, -0.15) is 0 Å². The molecule has 138 valence electrons. The lowest BCUT2D eigenvalue weighted by Crippen LogP contribution is -2.45. The van der Waals surface area contributed by atoms with Crippen LogP contribution < -0.4 is 10.6 Å². The number of hydrogen-bond donors (Lipinski definition) is 2. The van der Waals surface area contributed by atoms with Crippen molar-refractivity contribution < 1.29 is 4.79 Å². The van der Waals surface area contributed by atoms with E-state index in [4.69, 9.17) is 11.6 Å². The zero-order valence-corrected chi connectivity index (χ0v) is 16.4. The molecule has 0 aliphatic carbocycles. The third-order valence-electron chi connectivity index (χ3n) is 4.58. The number of urea groups is 1. The van der Waals surface area contributed by atoms with Crippen LogP contribution in [0.5, 0.6) is 0 Å². The van der Waals surface area contributed by atoms with Crippen LogP contribution in [0.4, 0.5) is 10.5 Å². The van der Waals surface area contributed by atoms with Crippen LogP contribution in [-0.2, 0) is 6.54 Å². The standard InChI is InChI=1S/C20H24ClN3OS/c1-26-19-8-7-16(21)13-18(19)23-20(25)22-17-9-11-24(12-10-17)14-15-5-3-2-4-6-15/h2-8,13,17H,9-12,14H2,1H3,(H2,22,23,25). The van der Waals surface area contributed by atoms with Gasteiger partial charge in [-0.15, -0.1) is 11.8 Å². The first kappa shape index (κ1) is 19.1. The first-order valence-corrected chi connectivity index (χ1v) is 10.4. The summed E-state index contributed by atoms with van der Waals surface area (Å²) in [5, 5.41) is 6.64. The molecule has 0 unspecified atom stereocenters. The second kappa shape index (κ2) is 9.31. The summed E-state index contributed by atoms with van der Waals surface area (Å²) in [5.41, 5.74) is 2.09. The molecule has 0 radical (unpaired) electrons. The number of carbonyl (C=O) groups excluding carboxylic acids is 1. The molecule has 1 aliphatic rings. The summed E-state index contributed by atoms with van der Waals surface area (Å²) < 4.78 is 0. The Balaban J connectivity index is 1.47. The van der Waals surface area contributed by atoms with E-state index in [1.807, 2.05) is 24.5 Å². The first-order chi connectivity index (χ1) is 12.6. The third-order valence-corrected chi connectivity index (χ3v) is 5.61. The van der Waals surface area contributed by atoms with E-state index < -0.39 is 0 Å². The highest BCUT2D eigenvalue weighted by Gasteiger charge is 2.21. The molecule has 3 rings (SSSR count). The van der Waals surface area contributed by atoms with E-state index in [-0.39, 0.29) is 12.1 Å². The zero-order valence-electron chi connectivity index (χ0n) is 14.9. The highest BCUT2D eigenvalue weighted by molar-refractivity contribution is 7.98. The van der Waals surface area contributed by atoms with Crippen molar-refractivity contribution >= 4 is 35.1 Å². The van der Waals surface area contributed by atoms with E-state index in [0.717, 1.165) is 43.1 Å². The number of rotatable bonds is 5. The minimum atomic E-state index is -0.163. The van der Waals surface area contributed by atoms with Crippen molar-refractivity contribution in [3.8, 4) is 0 Å². The van der Waals surface area contributed by atoms with Gasteiger partial charge in [0, 0.05) is 35.6 Å². The van der Waals surface area contributed by atoms with Crippen LogP contribution >= 0.6 is 23.4 Å². The minimum Gasteiger partial charge on any atom is -0.335 e. The number of nitrogens with zero attached hydrogens (tertiary/aromatic N) is 1. The Morgan fingerprint density at radius 1 is 1.19 bits per heavy atom. The number of halogens is 1. The number of likely N-dealkylation sites (tertiary alicyclic amines) is 1. The Kier molecular flexibility index (Phi) is 6.83. The van der Waals surface area contributed by atoms with E-state index >= 15 is 0 Å². The molecule has 2 amide bonds. The molecule has 2 N–H and O–H groups in total. The van der Waals surface area contributed by atoms with Crippen LogP contribution in [0.15, 0.2) is 53.4 Å². The molecule has 6 heteroatoms. The molecule has 4 nitrogen and oxygen atoms in total. The number of carbonyl (C=O) groups is 1. The molecule has 0 atom stereocenters. The molecule has 0 bridgehead atoms. The Morgan fingerprint density at radius 2 is 1.92 bits per heavy atom. The molecule has 1 saturated heterocycles. The molecule has 0 saturated carbocycles. The van der Waals surface area contributed by atoms with E-state index in [1.165, 1.54) is 5.56 Å². The quantitative estimate of drug-likeness (QED) is 0.718. The van der Waals surface area contributed by atoms with E-state index in [2.05, 4.69) is 39.8 Å². The van der Waals surface area contributed by atoms with Gasteiger partial charge in [0.1, 0.15) is 0 Å². The summed E-state index contributed by atoms with van der Waals surface area (Å²) in [5.74, 6) is 0. The van der Waals surface area contributed by atoms with Gasteiger partial charge in [-0.1, -0.05) is 41.9 Å². The first-order valence-electron chi connectivity index (χ1n) is 8.81. The van der Waals surface area contributed by atoms with E-state index in [9.17, 15) is 4.79 Å². The monoisotopic (exact) mass is 389 g/mol. The molecule has 0 spiro atoms. The number of hydrogen-bond acceptors (Lipinski definition) is 3. The molecule has 2 aromatic rings. The minimum absolute atomic E-state index is 0.163. The van der Waals surface area contributed by atoms with Gasteiger partial charge >= 0.3 is 6.03 Å². The molecule has 1 heterocycles. The number of anilines is 1. The SMILES string of the molecule is CSc1ccc(Cl)cc1NC(=O)NC1CCN(Cc2ccccc2)CC1. The lowest BCUT2D eigenvalue weighted by Gasteiger charge is -2.32. The van der Waals surface area contributed by atoms with Gasteiger partial charge in [0.05, 0.1) is 5.69 Å². The fourth-order valence-corrected chi connectivity index (χ4v) is 3.90. The van der Waals surface area contributed by atoms with Crippen molar-refractivity contribution in [1.29, 1.82) is 0 Å². The number of amides is 2. The smallest absolute Gasteiger partial charge is 0.319 e. The largest absolute Gasteiger partial charge is 0.335 e. The Morgan fingerprint density at radius 3 is 2.62 bits per heavy atom. The zero-order chi connectivity index (χ0) is 18.4. The van der Waals surface area contributed by atoms with Crippen LogP contribution in [0.2, 0.25) is 5.02 Å². The van der Waals surface area contributed by atoms with Gasteiger partial charge in [0.15, 0.2) is 0 Å². The summed E-state index contributed by atoms with van der Waals surface area (Å²) in [6.45, 7) is 2.96. The van der Waals surface area contributed by atoms with Gasteiger partial charge in [0.2, 0.25) is 0 Å². The van der Waals surface area contributed by atoms with Crippen molar-refractivity contribution in [1.82, 2.24) is 10.2 Å². The average Bonchev–Trinajstić information content (AvgIpc) is 2.64. The van der Waals surface area contributed by atoms with Crippen molar-refractivity contribution in [3.05, 3.63) is 59.1 Å². The highest BCUT2D eigenvalue weighted by Crippen LogP contribution is 2.28. The predicted octanol–water partition coefficient (Wildman–Crippen LogP) is 4.85. The maximum absolute atomic E-state index is 12.3. The van der Waals surface area contributed by atoms with Crippen molar-refractivity contribution in [3.63, 3.8) is 0 Å². The Labute approximate surface area is 164 Å². The van der Waals surface area contributed by atoms with Gasteiger partial charge in [-0.3, -0.25) is 4.90 Å². The Hall–Kier alpha value is -1.69. The fraction of sp³-hybridized carbons (Fsp3) is 0.350. The lowest BCUT2D eigenvalue weighted by molar-refractivity contribution is 0.190. The molecule has 26 heavy (non-hydrogen) atoms. The normalized spacial score (nSPS) is 15.6. The number of piperidine rings is 1. The van der Waals surface area contributed by atoms with Gasteiger partial charge < -0.3 is 10.6 Å². The lowest BCUT2D eigenvalue weighted by atomic mass is 10.0. The summed E-state index contributed by atoms with van der Waals surface area (Å²) >= 11 is 7.63. The predicted molar refractivity (Wildman–Crippen MR) is 110 cm³/mol. The summed E-state index contributed by atoms with van der Waals surface area (Å²) in [6, 6.07) is 16.1. The molecular formula is C20H24ClN3OS. The summed E-state index contributed by atoms with van der Waals surface area (Å²) in [7, 11) is 0. The number of benzene rings is 2. The maximum Gasteiger partial charge on any atom is 0.319 e. The topological polar surface area (TPSA) is 44.4 Å². The molecule has 1 aliphatic heterocycles.